The second-order valence-corrected chi connectivity index (χ2v) is 5.24. The largest absolute Gasteiger partial charge is 0.491 e. The van der Waals surface area contributed by atoms with Gasteiger partial charge >= 0.3 is 0 Å². The number of nitrogen functional groups attached to an aromatic ring is 1. The second kappa shape index (κ2) is 7.39. The Labute approximate surface area is 121 Å². The molecule has 0 aliphatic carbocycles. The van der Waals surface area contributed by atoms with Crippen LogP contribution in [-0.4, -0.2) is 32.4 Å². The first-order chi connectivity index (χ1) is 9.74. The van der Waals surface area contributed by atoms with Crippen molar-refractivity contribution in [3.8, 4) is 5.75 Å². The van der Waals surface area contributed by atoms with Gasteiger partial charge in [-0.05, 0) is 38.3 Å². The summed E-state index contributed by atoms with van der Waals surface area (Å²) in [7, 11) is 0. The summed E-state index contributed by atoms with van der Waals surface area (Å²) in [5, 5.41) is 0. The van der Waals surface area contributed by atoms with Crippen LogP contribution in [0.15, 0.2) is 18.2 Å². The molecule has 112 valence electrons. The van der Waals surface area contributed by atoms with E-state index in [0.717, 1.165) is 44.0 Å². The molecule has 4 nitrogen and oxygen atoms in total. The minimum absolute atomic E-state index is 0.354. The van der Waals surface area contributed by atoms with Crippen molar-refractivity contribution in [3.63, 3.8) is 0 Å². The monoisotopic (exact) mass is 278 g/mol. The number of hydrogen-bond acceptors (Lipinski definition) is 4. The fourth-order valence-electron chi connectivity index (χ4n) is 2.51. The Morgan fingerprint density at radius 3 is 2.90 bits per heavy atom. The van der Waals surface area contributed by atoms with E-state index in [1.165, 1.54) is 6.42 Å². The van der Waals surface area contributed by atoms with Crippen LogP contribution in [-0.2, 0) is 4.74 Å². The van der Waals surface area contributed by atoms with E-state index < -0.39 is 0 Å². The van der Waals surface area contributed by atoms with Gasteiger partial charge in [0.1, 0.15) is 5.75 Å². The van der Waals surface area contributed by atoms with Crippen molar-refractivity contribution < 1.29 is 9.47 Å². The zero-order valence-electron chi connectivity index (χ0n) is 12.6. The molecule has 1 heterocycles. The highest BCUT2D eigenvalue weighted by Gasteiger charge is 2.19. The van der Waals surface area contributed by atoms with Crippen molar-refractivity contribution in [1.29, 1.82) is 0 Å². The van der Waals surface area contributed by atoms with Gasteiger partial charge in [0.15, 0.2) is 0 Å². The van der Waals surface area contributed by atoms with Crippen LogP contribution in [0.1, 0.15) is 33.1 Å². The van der Waals surface area contributed by atoms with E-state index in [-0.39, 0.29) is 0 Å². The molecule has 1 fully saturated rings. The summed E-state index contributed by atoms with van der Waals surface area (Å²) >= 11 is 0. The lowest BCUT2D eigenvalue weighted by atomic mass is 10.2. The highest BCUT2D eigenvalue weighted by Crippen LogP contribution is 2.28. The van der Waals surface area contributed by atoms with Gasteiger partial charge in [-0.15, -0.1) is 0 Å². The van der Waals surface area contributed by atoms with Gasteiger partial charge in [-0.3, -0.25) is 0 Å². The number of benzene rings is 1. The number of hydrogen-bond donors (Lipinski definition) is 1. The molecule has 1 aromatic carbocycles. The van der Waals surface area contributed by atoms with E-state index >= 15 is 0 Å². The van der Waals surface area contributed by atoms with E-state index in [1.807, 2.05) is 12.1 Å². The Morgan fingerprint density at radius 1 is 1.40 bits per heavy atom. The number of nitrogens with zero attached hydrogens (tertiary/aromatic N) is 1. The van der Waals surface area contributed by atoms with Crippen LogP contribution >= 0.6 is 0 Å². The molecule has 0 radical (unpaired) electrons. The molecular formula is C16H26N2O2. The zero-order valence-corrected chi connectivity index (χ0v) is 12.6. The molecule has 2 rings (SSSR count). The predicted molar refractivity (Wildman–Crippen MR) is 83.5 cm³/mol. The van der Waals surface area contributed by atoms with Gasteiger partial charge in [0, 0.05) is 31.5 Å². The Kier molecular flexibility index (Phi) is 5.53. The molecule has 2 N–H and O–H groups in total. The summed E-state index contributed by atoms with van der Waals surface area (Å²) in [5.74, 6) is 0.787. The molecule has 1 aliphatic heterocycles. The molecule has 1 atom stereocenters. The van der Waals surface area contributed by atoms with Crippen molar-refractivity contribution in [2.75, 3.05) is 36.9 Å². The highest BCUT2D eigenvalue weighted by atomic mass is 16.5. The number of likely N-dealkylation sites (N-methyl/N-ethyl adjacent to an activating group) is 1. The maximum Gasteiger partial charge on any atom is 0.144 e. The van der Waals surface area contributed by atoms with Crippen LogP contribution in [0.4, 0.5) is 11.4 Å². The fraction of sp³-hybridized carbons (Fsp3) is 0.625. The summed E-state index contributed by atoms with van der Waals surface area (Å²) in [4.78, 5) is 2.33. The van der Waals surface area contributed by atoms with Crippen molar-refractivity contribution >= 4 is 11.4 Å². The van der Waals surface area contributed by atoms with Crippen LogP contribution in [0.5, 0.6) is 5.75 Å². The standard InChI is InChI=1S/C16H26N2O2/c1-3-9-20-16-11-13(7-8-15(16)17)18(4-2)12-14-6-5-10-19-14/h7-8,11,14H,3-6,9-10,12,17H2,1-2H3. The molecule has 1 saturated heterocycles. The van der Waals surface area contributed by atoms with Gasteiger partial charge in [0.05, 0.1) is 18.4 Å². The minimum Gasteiger partial charge on any atom is -0.491 e. The first-order valence-electron chi connectivity index (χ1n) is 7.63. The molecule has 0 bridgehead atoms. The molecule has 0 spiro atoms. The predicted octanol–water partition coefficient (Wildman–Crippen LogP) is 3.06. The summed E-state index contributed by atoms with van der Waals surface area (Å²) in [6.07, 6.45) is 3.67. The van der Waals surface area contributed by atoms with E-state index in [0.29, 0.717) is 18.4 Å². The summed E-state index contributed by atoms with van der Waals surface area (Å²) in [6, 6.07) is 6.04. The number of rotatable bonds is 7. The third-order valence-electron chi connectivity index (χ3n) is 3.65. The van der Waals surface area contributed by atoms with Crippen LogP contribution in [0.3, 0.4) is 0 Å². The molecule has 20 heavy (non-hydrogen) atoms. The summed E-state index contributed by atoms with van der Waals surface area (Å²) in [6.45, 7) is 7.75. The molecule has 0 saturated carbocycles. The average Bonchev–Trinajstić information content (AvgIpc) is 2.97. The van der Waals surface area contributed by atoms with Gasteiger partial charge < -0.3 is 20.1 Å². The van der Waals surface area contributed by atoms with Gasteiger partial charge in [-0.1, -0.05) is 6.92 Å². The lowest BCUT2D eigenvalue weighted by Crippen LogP contribution is -2.32. The molecule has 0 aromatic heterocycles. The average molecular weight is 278 g/mol. The third-order valence-corrected chi connectivity index (χ3v) is 3.65. The van der Waals surface area contributed by atoms with Crippen molar-refractivity contribution in [2.45, 2.75) is 39.2 Å². The number of anilines is 2. The molecule has 1 aromatic rings. The van der Waals surface area contributed by atoms with Crippen molar-refractivity contribution in [3.05, 3.63) is 18.2 Å². The van der Waals surface area contributed by atoms with Gasteiger partial charge in [0.2, 0.25) is 0 Å². The van der Waals surface area contributed by atoms with E-state index in [1.54, 1.807) is 0 Å². The molecule has 1 unspecified atom stereocenters. The summed E-state index contributed by atoms with van der Waals surface area (Å²) in [5.41, 5.74) is 7.83. The molecular weight excluding hydrogens is 252 g/mol. The van der Waals surface area contributed by atoms with Crippen LogP contribution in [0.2, 0.25) is 0 Å². The van der Waals surface area contributed by atoms with E-state index in [2.05, 4.69) is 24.8 Å². The number of ether oxygens (including phenoxy) is 2. The SMILES string of the molecule is CCCOc1cc(N(CC)CC2CCCO2)ccc1N. The lowest BCUT2D eigenvalue weighted by molar-refractivity contribution is 0.115. The summed E-state index contributed by atoms with van der Waals surface area (Å²) < 4.78 is 11.4. The maximum absolute atomic E-state index is 5.97. The van der Waals surface area contributed by atoms with Gasteiger partial charge in [-0.2, -0.15) is 0 Å². The quantitative estimate of drug-likeness (QED) is 0.779. The van der Waals surface area contributed by atoms with Crippen LogP contribution < -0.4 is 15.4 Å². The van der Waals surface area contributed by atoms with E-state index in [4.69, 9.17) is 15.2 Å². The smallest absolute Gasteiger partial charge is 0.144 e. The molecule has 4 heteroatoms. The van der Waals surface area contributed by atoms with Gasteiger partial charge in [0.25, 0.3) is 0 Å². The van der Waals surface area contributed by atoms with Crippen LogP contribution in [0.25, 0.3) is 0 Å². The Hall–Kier alpha value is -1.42. The normalized spacial score (nSPS) is 18.2. The molecule has 1 aliphatic rings. The van der Waals surface area contributed by atoms with Crippen molar-refractivity contribution in [2.24, 2.45) is 0 Å². The fourth-order valence-corrected chi connectivity index (χ4v) is 2.51. The third kappa shape index (κ3) is 3.79. The van der Waals surface area contributed by atoms with E-state index in [9.17, 15) is 0 Å². The topological polar surface area (TPSA) is 47.7 Å². The lowest BCUT2D eigenvalue weighted by Gasteiger charge is -2.26. The maximum atomic E-state index is 5.97. The Morgan fingerprint density at radius 2 is 2.25 bits per heavy atom. The second-order valence-electron chi connectivity index (χ2n) is 5.24. The molecule has 0 amide bonds. The first kappa shape index (κ1) is 15.0. The first-order valence-corrected chi connectivity index (χ1v) is 7.63. The van der Waals surface area contributed by atoms with Gasteiger partial charge in [-0.25, -0.2) is 0 Å². The van der Waals surface area contributed by atoms with Crippen molar-refractivity contribution in [1.82, 2.24) is 0 Å². The van der Waals surface area contributed by atoms with Crippen LogP contribution in [0, 0.1) is 0 Å². The number of nitrogens with two attached hydrogens (primary N) is 1. The Balaban J connectivity index is 2.07. The minimum atomic E-state index is 0.354. The highest BCUT2D eigenvalue weighted by molar-refractivity contribution is 5.62. The Bertz CT molecular complexity index is 417. The zero-order chi connectivity index (χ0) is 14.4.